The fraction of sp³-hybridized carbons (Fsp3) is 0.778. The fourth-order valence-corrected chi connectivity index (χ4v) is 6.66. The Bertz CT molecular complexity index is 610. The monoisotopic (exact) mass is 384 g/mol. The summed E-state index contributed by atoms with van der Waals surface area (Å²) in [6.45, 7) is 14.1. The maximum absolute atomic E-state index is 10.0. The highest BCUT2D eigenvalue weighted by molar-refractivity contribution is 5.36. The Balaban J connectivity index is 1.70. The van der Waals surface area contributed by atoms with Gasteiger partial charge in [0, 0.05) is 0 Å². The van der Waals surface area contributed by atoms with Gasteiger partial charge in [0.05, 0.1) is 6.10 Å². The van der Waals surface area contributed by atoms with Crippen molar-refractivity contribution in [3.05, 3.63) is 35.5 Å². The molecule has 1 nitrogen and oxygen atoms in total. The van der Waals surface area contributed by atoms with Crippen LogP contribution in [0.5, 0.6) is 0 Å². The van der Waals surface area contributed by atoms with Crippen molar-refractivity contribution in [2.75, 3.05) is 0 Å². The Morgan fingerprint density at radius 3 is 2.64 bits per heavy atom. The second-order valence-electron chi connectivity index (χ2n) is 10.8. The molecule has 3 aliphatic rings. The van der Waals surface area contributed by atoms with Gasteiger partial charge in [-0.15, -0.1) is 0 Å². The molecule has 1 N–H and O–H groups in total. The van der Waals surface area contributed by atoms with E-state index in [4.69, 9.17) is 0 Å². The van der Waals surface area contributed by atoms with Crippen molar-refractivity contribution in [3.63, 3.8) is 0 Å². The molecule has 0 radical (unpaired) electrons. The zero-order valence-corrected chi connectivity index (χ0v) is 19.0. The third kappa shape index (κ3) is 4.84. The van der Waals surface area contributed by atoms with Crippen LogP contribution in [0, 0.1) is 29.1 Å². The molecule has 1 heteroatoms. The normalized spacial score (nSPS) is 37.6. The standard InChI is InChI=1S/C27H44O/c1-19(2)8-6-9-21(4)25-15-16-26-22(10-7-17-27(25,26)5)12-13-23-18-24(28)14-11-20(23)3/h12-13,19,21,24-26,28H,3,6-11,14-18H2,1-2,4-5H3/b22-12+,23-13-/t21-,24-,25?,26?,27+/m0/s1. The van der Waals surface area contributed by atoms with Gasteiger partial charge in [-0.2, -0.15) is 0 Å². The Morgan fingerprint density at radius 1 is 1.11 bits per heavy atom. The van der Waals surface area contributed by atoms with Gasteiger partial charge in [0.25, 0.3) is 0 Å². The first-order valence-electron chi connectivity index (χ1n) is 12.1. The second kappa shape index (κ2) is 9.33. The molecule has 0 aromatic heterocycles. The van der Waals surface area contributed by atoms with Gasteiger partial charge in [-0.25, -0.2) is 0 Å². The van der Waals surface area contributed by atoms with Crippen molar-refractivity contribution < 1.29 is 5.11 Å². The molecular formula is C27H44O. The third-order valence-corrected chi connectivity index (χ3v) is 8.35. The highest BCUT2D eigenvalue weighted by Gasteiger charge is 2.50. The molecule has 0 bridgehead atoms. The van der Waals surface area contributed by atoms with E-state index in [0.29, 0.717) is 5.41 Å². The van der Waals surface area contributed by atoms with E-state index in [1.165, 1.54) is 62.5 Å². The first kappa shape index (κ1) is 21.9. The molecule has 3 aliphatic carbocycles. The lowest BCUT2D eigenvalue weighted by Crippen LogP contribution is -2.36. The molecule has 0 aromatic carbocycles. The predicted molar refractivity (Wildman–Crippen MR) is 121 cm³/mol. The predicted octanol–water partition coefficient (Wildman–Crippen LogP) is 7.62. The van der Waals surface area contributed by atoms with Crippen LogP contribution in [0.3, 0.4) is 0 Å². The average molecular weight is 385 g/mol. The van der Waals surface area contributed by atoms with E-state index in [9.17, 15) is 5.11 Å². The number of hydrogen-bond donors (Lipinski definition) is 1. The second-order valence-corrected chi connectivity index (χ2v) is 10.8. The molecule has 3 saturated carbocycles. The lowest BCUT2D eigenvalue weighted by atomic mass is 9.60. The van der Waals surface area contributed by atoms with Gasteiger partial charge >= 0.3 is 0 Å². The summed E-state index contributed by atoms with van der Waals surface area (Å²) < 4.78 is 0. The molecule has 2 unspecified atom stereocenters. The largest absolute Gasteiger partial charge is 0.393 e. The number of aliphatic hydroxyl groups is 1. The smallest absolute Gasteiger partial charge is 0.0583 e. The maximum Gasteiger partial charge on any atom is 0.0583 e. The van der Waals surface area contributed by atoms with Crippen LogP contribution in [-0.2, 0) is 0 Å². The number of aliphatic hydroxyl groups excluding tert-OH is 1. The van der Waals surface area contributed by atoms with Gasteiger partial charge in [-0.3, -0.25) is 0 Å². The molecule has 0 spiro atoms. The Hall–Kier alpha value is -0.820. The summed E-state index contributed by atoms with van der Waals surface area (Å²) in [6.07, 6.45) is 18.2. The van der Waals surface area contributed by atoms with Gasteiger partial charge < -0.3 is 5.11 Å². The van der Waals surface area contributed by atoms with Gasteiger partial charge in [0.15, 0.2) is 0 Å². The zero-order valence-electron chi connectivity index (χ0n) is 19.0. The summed E-state index contributed by atoms with van der Waals surface area (Å²) in [5.74, 6) is 3.37. The summed E-state index contributed by atoms with van der Waals surface area (Å²) in [7, 11) is 0. The molecular weight excluding hydrogens is 340 g/mol. The topological polar surface area (TPSA) is 20.2 Å². The molecule has 0 aromatic rings. The molecule has 3 rings (SSSR count). The minimum Gasteiger partial charge on any atom is -0.393 e. The molecule has 158 valence electrons. The fourth-order valence-electron chi connectivity index (χ4n) is 6.66. The minimum absolute atomic E-state index is 0.172. The van der Waals surface area contributed by atoms with E-state index >= 15 is 0 Å². The first-order valence-corrected chi connectivity index (χ1v) is 12.1. The van der Waals surface area contributed by atoms with Crippen LogP contribution < -0.4 is 0 Å². The molecule has 0 heterocycles. The summed E-state index contributed by atoms with van der Waals surface area (Å²) in [4.78, 5) is 0. The van der Waals surface area contributed by atoms with Gasteiger partial charge in [0.1, 0.15) is 0 Å². The van der Waals surface area contributed by atoms with E-state index in [2.05, 4.69) is 46.4 Å². The van der Waals surface area contributed by atoms with Gasteiger partial charge in [-0.05, 0) is 86.0 Å². The summed E-state index contributed by atoms with van der Waals surface area (Å²) in [5.41, 5.74) is 4.72. The molecule has 5 atom stereocenters. The lowest BCUT2D eigenvalue weighted by molar-refractivity contribution is 0.0929. The zero-order chi connectivity index (χ0) is 20.3. The van der Waals surface area contributed by atoms with Crippen LogP contribution in [0.15, 0.2) is 35.5 Å². The number of rotatable bonds is 6. The summed E-state index contributed by atoms with van der Waals surface area (Å²) in [6, 6.07) is 0. The van der Waals surface area contributed by atoms with Crippen LogP contribution in [0.1, 0.15) is 98.3 Å². The SMILES string of the molecule is C=C1CC[C@H](O)C/C1=C/C=C1\CCC[C@@]2(C)C1CCC2[C@@H](C)CCCC(C)C. The number of hydrogen-bond acceptors (Lipinski definition) is 1. The van der Waals surface area contributed by atoms with E-state index in [0.717, 1.165) is 42.9 Å². The lowest BCUT2D eigenvalue weighted by Gasteiger charge is -2.44. The Kier molecular flexibility index (Phi) is 7.29. The van der Waals surface area contributed by atoms with Crippen molar-refractivity contribution in [3.8, 4) is 0 Å². The molecule has 0 saturated heterocycles. The maximum atomic E-state index is 10.0. The quantitative estimate of drug-likeness (QED) is 0.499. The van der Waals surface area contributed by atoms with E-state index in [1.807, 2.05) is 0 Å². The average Bonchev–Trinajstić information content (AvgIpc) is 2.99. The van der Waals surface area contributed by atoms with Gasteiger partial charge in [0.2, 0.25) is 0 Å². The summed E-state index contributed by atoms with van der Waals surface area (Å²) >= 11 is 0. The van der Waals surface area contributed by atoms with Crippen molar-refractivity contribution in [1.29, 1.82) is 0 Å². The Morgan fingerprint density at radius 2 is 1.89 bits per heavy atom. The number of allylic oxidation sites excluding steroid dienone is 4. The highest BCUT2D eigenvalue weighted by Crippen LogP contribution is 2.59. The van der Waals surface area contributed by atoms with Crippen LogP contribution in [0.25, 0.3) is 0 Å². The van der Waals surface area contributed by atoms with E-state index in [1.54, 1.807) is 5.57 Å². The number of fused-ring (bicyclic) bond motifs is 1. The minimum atomic E-state index is -0.172. The van der Waals surface area contributed by atoms with Crippen molar-refractivity contribution >= 4 is 0 Å². The highest BCUT2D eigenvalue weighted by atomic mass is 16.3. The first-order chi connectivity index (χ1) is 13.3. The Labute approximate surface area is 174 Å². The molecule has 28 heavy (non-hydrogen) atoms. The van der Waals surface area contributed by atoms with E-state index < -0.39 is 0 Å². The van der Waals surface area contributed by atoms with Crippen molar-refractivity contribution in [1.82, 2.24) is 0 Å². The van der Waals surface area contributed by atoms with Crippen molar-refractivity contribution in [2.24, 2.45) is 29.1 Å². The van der Waals surface area contributed by atoms with Crippen LogP contribution in [-0.4, -0.2) is 11.2 Å². The van der Waals surface area contributed by atoms with Crippen LogP contribution in [0.2, 0.25) is 0 Å². The molecule has 0 amide bonds. The third-order valence-electron chi connectivity index (χ3n) is 8.35. The van der Waals surface area contributed by atoms with Crippen molar-refractivity contribution in [2.45, 2.75) is 104 Å². The van der Waals surface area contributed by atoms with Gasteiger partial charge in [-0.1, -0.05) is 76.8 Å². The van der Waals surface area contributed by atoms with E-state index in [-0.39, 0.29) is 6.10 Å². The van der Waals surface area contributed by atoms with Crippen LogP contribution >= 0.6 is 0 Å². The molecule has 3 fully saturated rings. The molecule has 0 aliphatic heterocycles. The summed E-state index contributed by atoms with van der Waals surface area (Å²) in [5, 5.41) is 10.0. The van der Waals surface area contributed by atoms with Crippen LogP contribution in [0.4, 0.5) is 0 Å².